The van der Waals surface area contributed by atoms with Crippen molar-refractivity contribution in [2.45, 2.75) is 12.2 Å². The van der Waals surface area contributed by atoms with Crippen LogP contribution in [0.25, 0.3) is 16.5 Å². The van der Waals surface area contributed by atoms with E-state index >= 15 is 0 Å². The number of hydrogen-bond acceptors (Lipinski definition) is 3. The number of para-hydroxylation sites is 1. The van der Waals surface area contributed by atoms with Gasteiger partial charge in [0.1, 0.15) is 5.75 Å². The molecular weight excluding hydrogens is 356 g/mol. The maximum Gasteiger partial charge on any atom is 0.232 e. The van der Waals surface area contributed by atoms with Gasteiger partial charge in [-0.3, -0.25) is 4.79 Å². The first kappa shape index (κ1) is 17.7. The van der Waals surface area contributed by atoms with Crippen LogP contribution < -0.4 is 0 Å². The molecule has 1 aromatic heterocycles. The maximum atomic E-state index is 12.5. The highest BCUT2D eigenvalue weighted by molar-refractivity contribution is 7.99. The molecule has 0 bridgehead atoms. The Balaban J connectivity index is 1.31. The Kier molecular flexibility index (Phi) is 5.21. The number of carbonyl (C=O) groups excluding carboxylic acids is 1. The molecule has 4 rings (SSSR count). The fraction of sp³-hybridized carbons (Fsp3) is 0.227. The van der Waals surface area contributed by atoms with Crippen molar-refractivity contribution < 1.29 is 9.90 Å². The summed E-state index contributed by atoms with van der Waals surface area (Å²) < 4.78 is 0. The Hall–Kier alpha value is -2.66. The van der Waals surface area contributed by atoms with Crippen molar-refractivity contribution in [2.75, 3.05) is 18.8 Å². The van der Waals surface area contributed by atoms with Gasteiger partial charge in [0.25, 0.3) is 0 Å². The van der Waals surface area contributed by atoms with E-state index in [4.69, 9.17) is 0 Å². The fourth-order valence-corrected chi connectivity index (χ4v) is 4.37. The molecule has 0 saturated carbocycles. The molecule has 0 unspecified atom stereocenters. The molecule has 2 aromatic carbocycles. The van der Waals surface area contributed by atoms with Crippen LogP contribution in [0.5, 0.6) is 5.75 Å². The van der Waals surface area contributed by atoms with Crippen LogP contribution in [0.1, 0.15) is 17.5 Å². The number of hydrogen-bond donors (Lipinski definition) is 2. The molecule has 0 fully saturated rings. The second kappa shape index (κ2) is 7.92. The van der Waals surface area contributed by atoms with Crippen molar-refractivity contribution >= 4 is 34.1 Å². The maximum absolute atomic E-state index is 12.5. The number of amides is 1. The third kappa shape index (κ3) is 4.03. The standard InChI is InChI=1S/C22H22N2O2S/c25-19-5-3-4-17(12-19)16-8-10-24(11-9-16)22(26)15-27-14-18-13-23-21-7-2-1-6-20(18)21/h1-8,12-13,23,25H,9-11,14-15H2. The number of aromatic hydroxyl groups is 1. The number of phenols is 1. The van der Waals surface area contributed by atoms with Gasteiger partial charge in [0.15, 0.2) is 0 Å². The number of benzene rings is 2. The van der Waals surface area contributed by atoms with Crippen molar-refractivity contribution in [3.8, 4) is 5.75 Å². The van der Waals surface area contributed by atoms with Gasteiger partial charge in [-0.2, -0.15) is 0 Å². The fourth-order valence-electron chi connectivity index (χ4n) is 3.45. The lowest BCUT2D eigenvalue weighted by atomic mass is 9.99. The third-order valence-corrected chi connectivity index (χ3v) is 5.90. The van der Waals surface area contributed by atoms with Gasteiger partial charge in [0, 0.05) is 35.9 Å². The quantitative estimate of drug-likeness (QED) is 0.691. The number of nitrogens with one attached hydrogen (secondary N) is 1. The molecule has 4 nitrogen and oxygen atoms in total. The van der Waals surface area contributed by atoms with Crippen LogP contribution in [0.3, 0.4) is 0 Å². The Bertz CT molecular complexity index is 993. The number of rotatable bonds is 5. The number of H-pyrrole nitrogens is 1. The number of fused-ring (bicyclic) bond motifs is 1. The predicted octanol–water partition coefficient (Wildman–Crippen LogP) is 4.42. The zero-order chi connectivity index (χ0) is 18.6. The van der Waals surface area contributed by atoms with Crippen molar-refractivity contribution in [3.05, 3.63) is 71.9 Å². The van der Waals surface area contributed by atoms with E-state index in [-0.39, 0.29) is 11.7 Å². The van der Waals surface area contributed by atoms with Gasteiger partial charge in [-0.25, -0.2) is 0 Å². The van der Waals surface area contributed by atoms with Crippen LogP contribution in [0.4, 0.5) is 0 Å². The normalized spacial score (nSPS) is 14.4. The molecule has 27 heavy (non-hydrogen) atoms. The molecule has 0 saturated heterocycles. The van der Waals surface area contributed by atoms with E-state index < -0.39 is 0 Å². The minimum atomic E-state index is 0.186. The Morgan fingerprint density at radius 1 is 1.19 bits per heavy atom. The SMILES string of the molecule is O=C(CSCc1c[nH]c2ccccc12)N1CC=C(c2cccc(O)c2)CC1. The van der Waals surface area contributed by atoms with Crippen LogP contribution in [-0.4, -0.2) is 39.7 Å². The summed E-state index contributed by atoms with van der Waals surface area (Å²) in [5.74, 6) is 1.79. The Morgan fingerprint density at radius 3 is 2.89 bits per heavy atom. The Labute approximate surface area is 162 Å². The van der Waals surface area contributed by atoms with E-state index in [9.17, 15) is 9.90 Å². The molecule has 0 radical (unpaired) electrons. The monoisotopic (exact) mass is 378 g/mol. The van der Waals surface area contributed by atoms with E-state index in [1.54, 1.807) is 23.9 Å². The molecule has 1 aliphatic heterocycles. The summed E-state index contributed by atoms with van der Waals surface area (Å²) in [7, 11) is 0. The molecule has 2 N–H and O–H groups in total. The van der Waals surface area contributed by atoms with E-state index in [1.165, 1.54) is 16.5 Å². The van der Waals surface area contributed by atoms with Crippen LogP contribution in [0, 0.1) is 0 Å². The molecule has 2 heterocycles. The van der Waals surface area contributed by atoms with Gasteiger partial charge < -0.3 is 15.0 Å². The second-order valence-electron chi connectivity index (χ2n) is 6.72. The van der Waals surface area contributed by atoms with Gasteiger partial charge in [0.2, 0.25) is 5.91 Å². The lowest BCUT2D eigenvalue weighted by Gasteiger charge is -2.26. The summed E-state index contributed by atoms with van der Waals surface area (Å²) >= 11 is 1.66. The highest BCUT2D eigenvalue weighted by atomic mass is 32.2. The number of carbonyl (C=O) groups is 1. The number of thioether (sulfide) groups is 1. The first-order chi connectivity index (χ1) is 13.2. The molecule has 1 aliphatic rings. The predicted molar refractivity (Wildman–Crippen MR) is 112 cm³/mol. The average molecular weight is 378 g/mol. The summed E-state index contributed by atoms with van der Waals surface area (Å²) in [6.07, 6.45) is 4.95. The van der Waals surface area contributed by atoms with Crippen LogP contribution in [0.15, 0.2) is 60.8 Å². The third-order valence-electron chi connectivity index (χ3n) is 4.94. The van der Waals surface area contributed by atoms with Crippen molar-refractivity contribution in [3.63, 3.8) is 0 Å². The molecule has 0 aliphatic carbocycles. The molecule has 1 amide bonds. The minimum absolute atomic E-state index is 0.186. The van der Waals surface area contributed by atoms with Crippen molar-refractivity contribution in [2.24, 2.45) is 0 Å². The number of phenolic OH excluding ortho intramolecular Hbond substituents is 1. The number of nitrogens with zero attached hydrogens (tertiary/aromatic N) is 1. The van der Waals surface area contributed by atoms with Gasteiger partial charge in [-0.15, -0.1) is 11.8 Å². The van der Waals surface area contributed by atoms with Crippen LogP contribution in [-0.2, 0) is 10.5 Å². The summed E-state index contributed by atoms with van der Waals surface area (Å²) in [6.45, 7) is 1.37. The largest absolute Gasteiger partial charge is 0.508 e. The zero-order valence-corrected chi connectivity index (χ0v) is 15.8. The molecule has 0 spiro atoms. The molecule has 3 aromatic rings. The average Bonchev–Trinajstić information content (AvgIpc) is 3.11. The lowest BCUT2D eigenvalue weighted by molar-refractivity contribution is -0.127. The summed E-state index contributed by atoms with van der Waals surface area (Å²) in [5, 5.41) is 10.9. The van der Waals surface area contributed by atoms with E-state index in [1.807, 2.05) is 35.4 Å². The van der Waals surface area contributed by atoms with Crippen LogP contribution in [0.2, 0.25) is 0 Å². The first-order valence-corrected chi connectivity index (χ1v) is 10.2. The second-order valence-corrected chi connectivity index (χ2v) is 7.71. The summed E-state index contributed by atoms with van der Waals surface area (Å²) in [5.41, 5.74) is 4.62. The van der Waals surface area contributed by atoms with Crippen molar-refractivity contribution in [1.82, 2.24) is 9.88 Å². The van der Waals surface area contributed by atoms with Crippen molar-refractivity contribution in [1.29, 1.82) is 0 Å². The Morgan fingerprint density at radius 2 is 2.07 bits per heavy atom. The lowest BCUT2D eigenvalue weighted by Crippen LogP contribution is -2.35. The van der Waals surface area contributed by atoms with Gasteiger partial charge in [0.05, 0.1) is 5.75 Å². The molecule has 0 atom stereocenters. The topological polar surface area (TPSA) is 56.3 Å². The number of aromatic nitrogens is 1. The highest BCUT2D eigenvalue weighted by Gasteiger charge is 2.18. The molecule has 138 valence electrons. The first-order valence-electron chi connectivity index (χ1n) is 9.09. The minimum Gasteiger partial charge on any atom is -0.508 e. The zero-order valence-electron chi connectivity index (χ0n) is 15.0. The number of aromatic amines is 1. The summed E-state index contributed by atoms with van der Waals surface area (Å²) in [6, 6.07) is 15.5. The summed E-state index contributed by atoms with van der Waals surface area (Å²) in [4.78, 5) is 17.7. The van der Waals surface area contributed by atoms with Crippen LogP contribution >= 0.6 is 11.8 Å². The van der Waals surface area contributed by atoms with E-state index in [0.29, 0.717) is 12.3 Å². The van der Waals surface area contributed by atoms with Gasteiger partial charge in [-0.05, 0) is 41.3 Å². The van der Waals surface area contributed by atoms with E-state index in [0.717, 1.165) is 29.8 Å². The van der Waals surface area contributed by atoms with Gasteiger partial charge >= 0.3 is 0 Å². The van der Waals surface area contributed by atoms with E-state index in [2.05, 4.69) is 23.2 Å². The highest BCUT2D eigenvalue weighted by Crippen LogP contribution is 2.26. The van der Waals surface area contributed by atoms with Gasteiger partial charge in [-0.1, -0.05) is 36.4 Å². The molecular formula is C22H22N2O2S. The smallest absolute Gasteiger partial charge is 0.232 e. The molecule has 5 heteroatoms.